The summed E-state index contributed by atoms with van der Waals surface area (Å²) < 4.78 is 5.76. The van der Waals surface area contributed by atoms with Crippen molar-refractivity contribution in [2.45, 2.75) is 44.6 Å². The number of carbonyl (C=O) groups is 1. The Morgan fingerprint density at radius 1 is 0.923 bits per heavy atom. The third-order valence-electron chi connectivity index (χ3n) is 4.17. The molecule has 0 aliphatic carbocycles. The molecule has 1 atom stereocenters. The van der Waals surface area contributed by atoms with Crippen LogP contribution in [0.3, 0.4) is 0 Å². The Hall–Kier alpha value is -1.85. The molecule has 0 bridgehead atoms. The molecule has 142 valence electrons. The lowest BCUT2D eigenvalue weighted by atomic mass is 10.1. The zero-order valence-electron chi connectivity index (χ0n) is 15.0. The number of rotatable bonds is 11. The van der Waals surface area contributed by atoms with Gasteiger partial charge < -0.3 is 15.6 Å². The highest BCUT2D eigenvalue weighted by atomic mass is 79.9. The molecule has 0 heterocycles. The second-order valence-corrected chi connectivity index (χ2v) is 6.30. The van der Waals surface area contributed by atoms with Gasteiger partial charge >= 0.3 is 5.97 Å². The first kappa shape index (κ1) is 22.2. The molecule has 5 heteroatoms. The molecule has 3 N–H and O–H groups in total. The molecule has 0 spiro atoms. The fraction of sp³-hybridized carbons (Fsp3) is 0.381. The molecule has 0 aliphatic heterocycles. The number of ether oxygens (including phenoxy) is 1. The molecule has 2 aromatic rings. The minimum Gasteiger partial charge on any atom is -0.494 e. The molecule has 0 unspecified atom stereocenters. The molecular formula is C21H28BrNO3. The molecule has 0 amide bonds. The van der Waals surface area contributed by atoms with Gasteiger partial charge in [-0.3, -0.25) is 4.79 Å². The third-order valence-corrected chi connectivity index (χ3v) is 4.17. The molecule has 0 saturated heterocycles. The summed E-state index contributed by atoms with van der Waals surface area (Å²) in [5.41, 5.74) is 8.05. The predicted octanol–water partition coefficient (Wildman–Crippen LogP) is 4.60. The second kappa shape index (κ2) is 12.5. The minimum atomic E-state index is -0.918. The van der Waals surface area contributed by atoms with E-state index in [1.807, 2.05) is 18.2 Å². The highest BCUT2D eigenvalue weighted by molar-refractivity contribution is 8.93. The van der Waals surface area contributed by atoms with E-state index in [4.69, 9.17) is 15.6 Å². The fourth-order valence-electron chi connectivity index (χ4n) is 2.67. The Balaban J connectivity index is 0.00000338. The van der Waals surface area contributed by atoms with Gasteiger partial charge in [0.05, 0.1) is 6.61 Å². The third kappa shape index (κ3) is 8.50. The monoisotopic (exact) mass is 421 g/mol. The number of unbranched alkanes of at least 4 members (excludes halogenated alkanes) is 3. The van der Waals surface area contributed by atoms with Crippen molar-refractivity contribution in [3.63, 3.8) is 0 Å². The molecule has 26 heavy (non-hydrogen) atoms. The maximum Gasteiger partial charge on any atom is 0.320 e. The molecule has 2 aromatic carbocycles. The highest BCUT2D eigenvalue weighted by Crippen LogP contribution is 2.16. The summed E-state index contributed by atoms with van der Waals surface area (Å²) in [6.07, 6.45) is 5.30. The first-order valence-electron chi connectivity index (χ1n) is 8.89. The van der Waals surface area contributed by atoms with Crippen molar-refractivity contribution in [2.75, 3.05) is 6.61 Å². The van der Waals surface area contributed by atoms with E-state index in [0.717, 1.165) is 37.9 Å². The van der Waals surface area contributed by atoms with Crippen molar-refractivity contribution in [1.82, 2.24) is 0 Å². The van der Waals surface area contributed by atoms with Gasteiger partial charge in [0.25, 0.3) is 0 Å². The molecule has 0 aromatic heterocycles. The lowest BCUT2D eigenvalue weighted by Crippen LogP contribution is -2.29. The van der Waals surface area contributed by atoms with Crippen LogP contribution < -0.4 is 10.5 Å². The maximum atomic E-state index is 10.6. The smallest absolute Gasteiger partial charge is 0.320 e. The first-order chi connectivity index (χ1) is 12.1. The van der Waals surface area contributed by atoms with Crippen molar-refractivity contribution in [2.24, 2.45) is 5.73 Å². The summed E-state index contributed by atoms with van der Waals surface area (Å²) in [5, 5.41) is 8.71. The van der Waals surface area contributed by atoms with Crippen LogP contribution in [0.1, 0.15) is 43.2 Å². The number of carboxylic acid groups (broad SMARTS) is 1. The van der Waals surface area contributed by atoms with E-state index < -0.39 is 12.0 Å². The summed E-state index contributed by atoms with van der Waals surface area (Å²) in [6.45, 7) is 0.684. The van der Waals surface area contributed by atoms with Crippen molar-refractivity contribution >= 4 is 23.0 Å². The topological polar surface area (TPSA) is 72.5 Å². The van der Waals surface area contributed by atoms with Gasteiger partial charge in [0.1, 0.15) is 11.8 Å². The van der Waals surface area contributed by atoms with Crippen LogP contribution in [0.4, 0.5) is 0 Å². The Bertz CT molecular complexity index is 631. The van der Waals surface area contributed by atoms with Gasteiger partial charge in [-0.15, -0.1) is 17.0 Å². The van der Waals surface area contributed by atoms with E-state index >= 15 is 0 Å². The standard InChI is InChI=1S/C21H27NO3.BrH/c22-20(21(23)24)10-6-1-2-7-15-25-19-13-11-18(12-14-19)16-17-8-4-3-5-9-17;/h3-5,8-9,11-14,20H,1-2,6-7,10,15-16,22H2,(H,23,24);1H/t20-;/m0./s1. The van der Waals surface area contributed by atoms with Gasteiger partial charge in [0.15, 0.2) is 0 Å². The molecule has 0 saturated carbocycles. The number of hydrogen-bond acceptors (Lipinski definition) is 3. The van der Waals surface area contributed by atoms with Crippen molar-refractivity contribution in [1.29, 1.82) is 0 Å². The Labute approximate surface area is 166 Å². The Kier molecular flexibility index (Phi) is 10.7. The van der Waals surface area contributed by atoms with E-state index in [0.29, 0.717) is 13.0 Å². The molecule has 0 fully saturated rings. The van der Waals surface area contributed by atoms with Crippen molar-refractivity contribution < 1.29 is 14.6 Å². The van der Waals surface area contributed by atoms with Crippen LogP contribution >= 0.6 is 17.0 Å². The second-order valence-electron chi connectivity index (χ2n) is 6.30. The summed E-state index contributed by atoms with van der Waals surface area (Å²) in [6, 6.07) is 17.9. The molecule has 2 rings (SSSR count). The Morgan fingerprint density at radius 2 is 1.54 bits per heavy atom. The van der Waals surface area contributed by atoms with Crippen LogP contribution in [-0.4, -0.2) is 23.7 Å². The minimum absolute atomic E-state index is 0. The maximum absolute atomic E-state index is 10.6. The number of aliphatic carboxylic acids is 1. The quantitative estimate of drug-likeness (QED) is 0.520. The number of carboxylic acids is 1. The normalized spacial score (nSPS) is 11.4. The van der Waals surface area contributed by atoms with Gasteiger partial charge in [0, 0.05) is 0 Å². The molecule has 4 nitrogen and oxygen atoms in total. The summed E-state index contributed by atoms with van der Waals surface area (Å²) in [7, 11) is 0. The number of hydrogen-bond donors (Lipinski definition) is 2. The largest absolute Gasteiger partial charge is 0.494 e. The van der Waals surface area contributed by atoms with Crippen LogP contribution in [-0.2, 0) is 11.2 Å². The van der Waals surface area contributed by atoms with Crippen LogP contribution in [0.15, 0.2) is 54.6 Å². The first-order valence-corrected chi connectivity index (χ1v) is 8.89. The van der Waals surface area contributed by atoms with Crippen molar-refractivity contribution in [3.05, 3.63) is 65.7 Å². The van der Waals surface area contributed by atoms with E-state index in [-0.39, 0.29) is 17.0 Å². The SMILES string of the molecule is Br.N[C@@H](CCCCCCOc1ccc(Cc2ccccc2)cc1)C(=O)O. The van der Waals surface area contributed by atoms with Crippen LogP contribution in [0.2, 0.25) is 0 Å². The zero-order chi connectivity index (χ0) is 17.9. The molecule has 0 aliphatic rings. The lowest BCUT2D eigenvalue weighted by Gasteiger charge is -2.08. The average Bonchev–Trinajstić information content (AvgIpc) is 2.63. The van der Waals surface area contributed by atoms with Gasteiger partial charge in [-0.05, 0) is 42.5 Å². The van der Waals surface area contributed by atoms with Crippen molar-refractivity contribution in [3.8, 4) is 5.75 Å². The lowest BCUT2D eigenvalue weighted by molar-refractivity contribution is -0.138. The van der Waals surface area contributed by atoms with E-state index in [1.165, 1.54) is 11.1 Å². The molecule has 0 radical (unpaired) electrons. The van der Waals surface area contributed by atoms with Gasteiger partial charge in [-0.2, -0.15) is 0 Å². The van der Waals surface area contributed by atoms with Gasteiger partial charge in [-0.1, -0.05) is 61.7 Å². The summed E-state index contributed by atoms with van der Waals surface area (Å²) in [5.74, 6) is -0.0243. The Morgan fingerprint density at radius 3 is 2.19 bits per heavy atom. The van der Waals surface area contributed by atoms with E-state index in [2.05, 4.69) is 36.4 Å². The van der Waals surface area contributed by atoms with Gasteiger partial charge in [0.2, 0.25) is 0 Å². The summed E-state index contributed by atoms with van der Waals surface area (Å²) >= 11 is 0. The van der Waals surface area contributed by atoms with E-state index in [1.54, 1.807) is 0 Å². The number of benzene rings is 2. The van der Waals surface area contributed by atoms with Crippen LogP contribution in [0, 0.1) is 0 Å². The number of nitrogens with two attached hydrogens (primary N) is 1. The fourth-order valence-corrected chi connectivity index (χ4v) is 2.67. The zero-order valence-corrected chi connectivity index (χ0v) is 16.7. The number of halogens is 1. The average molecular weight is 422 g/mol. The summed E-state index contributed by atoms with van der Waals surface area (Å²) in [4.78, 5) is 10.6. The molecular weight excluding hydrogens is 394 g/mol. The highest BCUT2D eigenvalue weighted by Gasteiger charge is 2.09. The predicted molar refractivity (Wildman–Crippen MR) is 110 cm³/mol. The van der Waals surface area contributed by atoms with E-state index in [9.17, 15) is 4.79 Å². The van der Waals surface area contributed by atoms with Crippen LogP contribution in [0.25, 0.3) is 0 Å². The van der Waals surface area contributed by atoms with Crippen LogP contribution in [0.5, 0.6) is 5.75 Å². The van der Waals surface area contributed by atoms with Gasteiger partial charge in [-0.25, -0.2) is 0 Å².